The SMILES string of the molecule is CC(OCC1(c2ccccc2)CCC2(C(C)O)CN1CC(=O)O2)c1cc(C(F)(F)F)cc(C(F)(F)F)c1. The third kappa shape index (κ3) is 5.35. The van der Waals surface area contributed by atoms with Crippen LogP contribution >= 0.6 is 0 Å². The summed E-state index contributed by atoms with van der Waals surface area (Å²) in [5.41, 5.74) is -4.34. The summed E-state index contributed by atoms with van der Waals surface area (Å²) in [6.07, 6.45) is -11.3. The van der Waals surface area contributed by atoms with Gasteiger partial charge in [-0.1, -0.05) is 30.3 Å². The van der Waals surface area contributed by atoms with Crippen molar-refractivity contribution >= 4 is 5.97 Å². The number of esters is 1. The number of nitrogens with zero attached hydrogens (tertiary/aromatic N) is 1. The van der Waals surface area contributed by atoms with Gasteiger partial charge in [0.2, 0.25) is 0 Å². The molecule has 5 unspecified atom stereocenters. The van der Waals surface area contributed by atoms with Gasteiger partial charge in [0, 0.05) is 6.54 Å². The smallest absolute Gasteiger partial charge is 0.416 e. The largest absolute Gasteiger partial charge is 0.454 e. The maximum absolute atomic E-state index is 13.4. The second-order valence-corrected chi connectivity index (χ2v) is 9.76. The normalized spacial score (nSPS) is 27.9. The number of carbonyl (C=O) groups is 1. The van der Waals surface area contributed by atoms with Gasteiger partial charge in [-0.15, -0.1) is 0 Å². The van der Waals surface area contributed by atoms with Crippen molar-refractivity contribution in [2.24, 2.45) is 0 Å². The number of ether oxygens (including phenoxy) is 2. The maximum atomic E-state index is 13.4. The standard InChI is InChI=1S/C26H27F6NO4/c1-16(18-10-20(25(27,28)29)12-21(11-18)26(30,31)32)36-15-23(19-6-4-3-5-7-19)8-9-24(17(2)34)14-33(23)13-22(35)37-24/h3-7,10-12,16-17,34H,8-9,13-15H2,1-2H3. The molecule has 0 radical (unpaired) electrons. The maximum Gasteiger partial charge on any atom is 0.416 e. The summed E-state index contributed by atoms with van der Waals surface area (Å²) < 4.78 is 91.7. The fourth-order valence-corrected chi connectivity index (χ4v) is 5.16. The predicted molar refractivity (Wildman–Crippen MR) is 120 cm³/mol. The first-order valence-electron chi connectivity index (χ1n) is 11.8. The molecule has 5 atom stereocenters. The van der Waals surface area contributed by atoms with E-state index in [1.807, 2.05) is 17.0 Å². The van der Waals surface area contributed by atoms with Gasteiger partial charge in [0.15, 0.2) is 5.60 Å². The minimum absolute atomic E-state index is 0.0812. The second-order valence-electron chi connectivity index (χ2n) is 9.76. The van der Waals surface area contributed by atoms with Crippen molar-refractivity contribution in [1.82, 2.24) is 4.90 Å². The predicted octanol–water partition coefficient (Wildman–Crippen LogP) is 5.47. The molecule has 2 aliphatic heterocycles. The number of halogens is 6. The molecule has 202 valence electrons. The molecule has 37 heavy (non-hydrogen) atoms. The molecule has 2 aliphatic rings. The Morgan fingerprint density at radius 1 is 1.00 bits per heavy atom. The van der Waals surface area contributed by atoms with Crippen LogP contribution in [0.15, 0.2) is 48.5 Å². The summed E-state index contributed by atoms with van der Waals surface area (Å²) in [4.78, 5) is 14.3. The number of carbonyl (C=O) groups excluding carboxylic acids is 1. The fourth-order valence-electron chi connectivity index (χ4n) is 5.16. The number of aliphatic hydroxyl groups is 1. The summed E-state index contributed by atoms with van der Waals surface area (Å²) in [5, 5.41) is 10.4. The van der Waals surface area contributed by atoms with Crippen molar-refractivity contribution in [2.75, 3.05) is 19.7 Å². The number of hydrogen-bond acceptors (Lipinski definition) is 5. The molecule has 4 rings (SSSR count). The van der Waals surface area contributed by atoms with E-state index in [4.69, 9.17) is 9.47 Å². The molecule has 2 saturated heterocycles. The molecule has 0 aliphatic carbocycles. The Kier molecular flexibility index (Phi) is 7.11. The minimum atomic E-state index is -4.97. The van der Waals surface area contributed by atoms with Crippen LogP contribution in [0.1, 0.15) is 55.0 Å². The van der Waals surface area contributed by atoms with Crippen molar-refractivity contribution in [3.8, 4) is 0 Å². The van der Waals surface area contributed by atoms with Gasteiger partial charge in [-0.3, -0.25) is 9.69 Å². The molecule has 2 fully saturated rings. The van der Waals surface area contributed by atoms with E-state index >= 15 is 0 Å². The molecule has 0 spiro atoms. The lowest BCUT2D eigenvalue weighted by Crippen LogP contribution is -2.69. The van der Waals surface area contributed by atoms with Crippen molar-refractivity contribution < 1.29 is 45.7 Å². The molecule has 2 aromatic carbocycles. The van der Waals surface area contributed by atoms with Crippen LogP contribution in [0.2, 0.25) is 0 Å². The van der Waals surface area contributed by atoms with Crippen molar-refractivity contribution in [3.05, 3.63) is 70.8 Å². The number of benzene rings is 2. The van der Waals surface area contributed by atoms with Crippen LogP contribution in [0.5, 0.6) is 0 Å². The van der Waals surface area contributed by atoms with Crippen molar-refractivity contribution in [1.29, 1.82) is 0 Å². The third-order valence-electron chi connectivity index (χ3n) is 7.39. The van der Waals surface area contributed by atoms with Gasteiger partial charge in [0.05, 0.1) is 42.0 Å². The summed E-state index contributed by atoms with van der Waals surface area (Å²) >= 11 is 0. The van der Waals surface area contributed by atoms with E-state index in [2.05, 4.69) is 0 Å². The fraction of sp³-hybridized carbons (Fsp3) is 0.500. The Morgan fingerprint density at radius 3 is 2.14 bits per heavy atom. The minimum Gasteiger partial charge on any atom is -0.454 e. The topological polar surface area (TPSA) is 59.0 Å². The molecule has 0 amide bonds. The average Bonchev–Trinajstić information content (AvgIpc) is 2.82. The lowest BCUT2D eigenvalue weighted by atomic mass is 9.73. The summed E-state index contributed by atoms with van der Waals surface area (Å²) in [7, 11) is 0. The van der Waals surface area contributed by atoms with Gasteiger partial charge >= 0.3 is 18.3 Å². The molecule has 1 N–H and O–H groups in total. The first-order valence-corrected chi connectivity index (χ1v) is 11.8. The highest BCUT2D eigenvalue weighted by Crippen LogP contribution is 2.46. The first kappa shape index (κ1) is 27.4. The number of rotatable bonds is 6. The van der Waals surface area contributed by atoms with Crippen molar-refractivity contribution in [2.45, 2.75) is 62.4 Å². The van der Waals surface area contributed by atoms with Crippen LogP contribution in [0, 0.1) is 0 Å². The van der Waals surface area contributed by atoms with Crippen LogP contribution in [0.4, 0.5) is 26.3 Å². The van der Waals surface area contributed by atoms with Crippen LogP contribution in [-0.4, -0.2) is 47.4 Å². The van der Waals surface area contributed by atoms with Gasteiger partial charge in [-0.05, 0) is 56.0 Å². The summed E-state index contributed by atoms with van der Waals surface area (Å²) in [6.45, 7) is 2.91. The number of piperidine rings is 1. The summed E-state index contributed by atoms with van der Waals surface area (Å²) in [6, 6.07) is 10.4. The molecule has 5 nitrogen and oxygen atoms in total. The molecule has 11 heteroatoms. The van der Waals surface area contributed by atoms with Crippen LogP contribution in [0.25, 0.3) is 0 Å². The molecule has 0 saturated carbocycles. The molecule has 0 aromatic heterocycles. The summed E-state index contributed by atoms with van der Waals surface area (Å²) in [5.74, 6) is -0.534. The number of morpholine rings is 1. The molecular formula is C26H27F6NO4. The van der Waals surface area contributed by atoms with E-state index in [-0.39, 0.29) is 31.3 Å². The van der Waals surface area contributed by atoms with E-state index in [1.165, 1.54) is 13.8 Å². The Bertz CT molecular complexity index is 1100. The van der Waals surface area contributed by atoms with E-state index in [1.54, 1.807) is 18.2 Å². The molecule has 2 heterocycles. The highest BCUT2D eigenvalue weighted by atomic mass is 19.4. The number of aliphatic hydroxyl groups excluding tert-OH is 1. The van der Waals surface area contributed by atoms with E-state index in [9.17, 15) is 36.2 Å². The zero-order valence-electron chi connectivity index (χ0n) is 20.2. The first-order chi connectivity index (χ1) is 17.2. The quantitative estimate of drug-likeness (QED) is 0.396. The van der Waals surface area contributed by atoms with Crippen molar-refractivity contribution in [3.63, 3.8) is 0 Å². The lowest BCUT2D eigenvalue weighted by molar-refractivity contribution is -0.222. The molecule has 2 aromatic rings. The lowest BCUT2D eigenvalue weighted by Gasteiger charge is -2.56. The number of hydrogen-bond donors (Lipinski definition) is 1. The Balaban J connectivity index is 1.68. The Hall–Kier alpha value is -2.63. The van der Waals surface area contributed by atoms with Gasteiger partial charge < -0.3 is 14.6 Å². The van der Waals surface area contributed by atoms with Crippen LogP contribution < -0.4 is 0 Å². The average molecular weight is 531 g/mol. The van der Waals surface area contributed by atoms with Crippen LogP contribution in [0.3, 0.4) is 0 Å². The van der Waals surface area contributed by atoms with Crippen LogP contribution in [-0.2, 0) is 32.2 Å². The molecular weight excluding hydrogens is 504 g/mol. The number of alkyl halides is 6. The second kappa shape index (κ2) is 9.59. The van der Waals surface area contributed by atoms with Gasteiger partial charge in [0.1, 0.15) is 0 Å². The monoisotopic (exact) mass is 531 g/mol. The Labute approximate surface area is 210 Å². The Morgan fingerprint density at radius 2 is 1.59 bits per heavy atom. The van der Waals surface area contributed by atoms with Gasteiger partial charge in [-0.2, -0.15) is 26.3 Å². The van der Waals surface area contributed by atoms with E-state index in [0.717, 1.165) is 5.56 Å². The number of fused-ring (bicyclic) bond motifs is 2. The van der Waals surface area contributed by atoms with Gasteiger partial charge in [0.25, 0.3) is 0 Å². The third-order valence-corrected chi connectivity index (χ3v) is 7.39. The highest BCUT2D eigenvalue weighted by Gasteiger charge is 2.56. The van der Waals surface area contributed by atoms with Gasteiger partial charge in [-0.25, -0.2) is 0 Å². The zero-order valence-corrected chi connectivity index (χ0v) is 20.2. The highest BCUT2D eigenvalue weighted by molar-refractivity contribution is 5.73. The molecule has 2 bridgehead atoms. The van der Waals surface area contributed by atoms with E-state index in [0.29, 0.717) is 25.0 Å². The van der Waals surface area contributed by atoms with E-state index < -0.39 is 52.8 Å². The zero-order chi connectivity index (χ0) is 27.2.